The number of rotatable bonds is 3. The van der Waals surface area contributed by atoms with Gasteiger partial charge < -0.3 is 4.84 Å². The van der Waals surface area contributed by atoms with Crippen LogP contribution >= 0.6 is 11.6 Å². The van der Waals surface area contributed by atoms with Gasteiger partial charge in [0.1, 0.15) is 0 Å². The minimum atomic E-state index is -4.62. The normalized spacial score (nSPS) is 12.1. The minimum absolute atomic E-state index is 0.0528. The van der Waals surface area contributed by atoms with E-state index in [1.807, 2.05) is 0 Å². The van der Waals surface area contributed by atoms with E-state index >= 15 is 0 Å². The second kappa shape index (κ2) is 9.74. The first kappa shape index (κ1) is 24.4. The third kappa shape index (κ3) is 8.11. The van der Waals surface area contributed by atoms with Crippen molar-refractivity contribution in [3.8, 4) is 5.75 Å². The predicted octanol–water partition coefficient (Wildman–Crippen LogP) is 5.81. The summed E-state index contributed by atoms with van der Waals surface area (Å²) in [6, 6.07) is 6.58. The van der Waals surface area contributed by atoms with Crippen LogP contribution in [0, 0.1) is 4.78 Å². The molecule has 0 saturated carbocycles. The largest absolute Gasteiger partial charge is 0.417 e. The number of benzene rings is 2. The van der Waals surface area contributed by atoms with Gasteiger partial charge in [0.25, 0.3) is 0 Å². The fourth-order valence-corrected chi connectivity index (χ4v) is 2.11. The molecule has 2 aromatic rings. The third-order valence-electron chi connectivity index (χ3n) is 3.15. The summed E-state index contributed by atoms with van der Waals surface area (Å²) < 4.78 is 99.3. The van der Waals surface area contributed by atoms with Crippen molar-refractivity contribution >= 4 is 27.8 Å². The lowest BCUT2D eigenvalue weighted by Crippen LogP contribution is -2.12. The lowest BCUT2D eigenvalue weighted by atomic mass is 10.0. The highest BCUT2D eigenvalue weighted by Crippen LogP contribution is 2.34. The molecule has 2 rings (SSSR count). The van der Waals surface area contributed by atoms with Crippen LogP contribution in [0.4, 0.5) is 26.3 Å². The molecule has 13 heteroatoms. The maximum atomic E-state index is 13.0. The number of nitrogens with zero attached hydrogens (tertiary/aromatic N) is 1. The van der Waals surface area contributed by atoms with E-state index in [1.54, 1.807) is 0 Å². The summed E-state index contributed by atoms with van der Waals surface area (Å²) in [6.07, 6.45) is -9.12. The van der Waals surface area contributed by atoms with Crippen LogP contribution in [0.15, 0.2) is 47.6 Å². The van der Waals surface area contributed by atoms with E-state index in [9.17, 15) is 26.3 Å². The molecule has 5 nitrogen and oxygen atoms in total. The number of oxime groups is 1. The summed E-state index contributed by atoms with van der Waals surface area (Å²) in [5.41, 5.74) is -2.24. The molecule has 0 radical (unpaired) electrons. The fourth-order valence-electron chi connectivity index (χ4n) is 1.94. The Balaban J connectivity index is 0.000000960. The molecule has 29 heavy (non-hydrogen) atoms. The molecule has 0 unspecified atom stereocenters. The van der Waals surface area contributed by atoms with Crippen molar-refractivity contribution in [1.82, 2.24) is 0 Å². The molecule has 0 aliphatic rings. The van der Waals surface area contributed by atoms with Crippen LogP contribution < -0.4 is 4.84 Å². The molecule has 2 aromatic carbocycles. The van der Waals surface area contributed by atoms with Gasteiger partial charge in [0.05, 0.1) is 16.8 Å². The van der Waals surface area contributed by atoms with Gasteiger partial charge in [-0.25, -0.2) is 0 Å². The van der Waals surface area contributed by atoms with E-state index in [0.717, 1.165) is 42.5 Å². The molecule has 0 spiro atoms. The number of hydrogen-bond acceptors (Lipinski definition) is 5. The Morgan fingerprint density at radius 2 is 1.52 bits per heavy atom. The summed E-state index contributed by atoms with van der Waals surface area (Å²) >= 11 is 5.72. The zero-order valence-electron chi connectivity index (χ0n) is 14.3. The predicted molar refractivity (Wildman–Crippen MR) is 92.4 cm³/mol. The van der Waals surface area contributed by atoms with Gasteiger partial charge in [0.2, 0.25) is 0 Å². The molecule has 0 fully saturated rings. The van der Waals surface area contributed by atoms with Gasteiger partial charge in [-0.3, -0.25) is 0 Å². The van der Waals surface area contributed by atoms with Crippen molar-refractivity contribution in [2.24, 2.45) is 5.16 Å². The van der Waals surface area contributed by atoms with E-state index in [1.165, 1.54) is 6.92 Å². The van der Waals surface area contributed by atoms with Crippen LogP contribution in [-0.2, 0) is 22.9 Å². The highest BCUT2D eigenvalue weighted by molar-refractivity contribution is 7.60. The molecule has 0 heterocycles. The van der Waals surface area contributed by atoms with Crippen molar-refractivity contribution in [2.45, 2.75) is 19.3 Å². The Morgan fingerprint density at radius 3 is 1.97 bits per heavy atom. The standard InChI is InChI=1S/C16H10ClF6NO.HNO2S/c1-9(13-8-11(17)4-7-14(13)16(21,22)23)24-25-12-5-2-10(3-6-12)15(18,19)20;1-4(2)3/h2-8H,1H3;1H/b24-9+;. The number of nitrogens with one attached hydrogen (secondary N) is 1. The molecule has 0 amide bonds. The molecule has 1 N–H and O–H groups in total. The van der Waals surface area contributed by atoms with Gasteiger partial charge in [0.15, 0.2) is 5.75 Å². The fraction of sp³-hybridized carbons (Fsp3) is 0.188. The Labute approximate surface area is 167 Å². The first-order valence-electron chi connectivity index (χ1n) is 7.28. The smallest absolute Gasteiger partial charge is 0.357 e. The number of hydrogen-bond donors (Lipinski definition) is 1. The van der Waals surface area contributed by atoms with Crippen molar-refractivity contribution in [1.29, 1.82) is 4.78 Å². The van der Waals surface area contributed by atoms with E-state index in [0.29, 0.717) is 0 Å². The molecule has 0 atom stereocenters. The Morgan fingerprint density at radius 1 is 1.00 bits per heavy atom. The average molecular weight is 461 g/mol. The molecule has 158 valence electrons. The lowest BCUT2D eigenvalue weighted by molar-refractivity contribution is -0.138. The van der Waals surface area contributed by atoms with Gasteiger partial charge in [-0.1, -0.05) is 16.8 Å². The maximum absolute atomic E-state index is 13.0. The van der Waals surface area contributed by atoms with Crippen LogP contribution in [0.5, 0.6) is 5.75 Å². The van der Waals surface area contributed by atoms with E-state index in [4.69, 9.17) is 29.6 Å². The topological polar surface area (TPSA) is 79.6 Å². The van der Waals surface area contributed by atoms with Gasteiger partial charge in [-0.15, -0.1) is 0 Å². The van der Waals surface area contributed by atoms with Crippen molar-refractivity contribution in [3.63, 3.8) is 0 Å². The highest BCUT2D eigenvalue weighted by atomic mass is 35.5. The zero-order valence-corrected chi connectivity index (χ0v) is 15.8. The van der Waals surface area contributed by atoms with Gasteiger partial charge in [0, 0.05) is 10.6 Å². The number of halogens is 7. The maximum Gasteiger partial charge on any atom is 0.417 e. The highest BCUT2D eigenvalue weighted by Gasteiger charge is 2.34. The minimum Gasteiger partial charge on any atom is -0.357 e. The second-order valence-electron chi connectivity index (χ2n) is 5.21. The van der Waals surface area contributed by atoms with E-state index in [2.05, 4.69) is 5.16 Å². The Bertz CT molecular complexity index is 981. The van der Waals surface area contributed by atoms with E-state index < -0.39 is 34.0 Å². The monoisotopic (exact) mass is 460 g/mol. The SMILES string of the molecule is C/C(=N\Oc1ccc(C(F)(F)F)cc1)c1cc(Cl)ccc1C(F)(F)F.N=S(=O)=O. The summed E-state index contributed by atoms with van der Waals surface area (Å²) in [7, 11) is -2.61. The summed E-state index contributed by atoms with van der Waals surface area (Å²) in [5, 5.41) is 3.62. The van der Waals surface area contributed by atoms with Crippen LogP contribution in [0.3, 0.4) is 0 Å². The van der Waals surface area contributed by atoms with Gasteiger partial charge in [-0.2, -0.15) is 39.5 Å². The summed E-state index contributed by atoms with van der Waals surface area (Å²) in [4.78, 5) is 4.91. The Kier molecular flexibility index (Phi) is 8.21. The van der Waals surface area contributed by atoms with Crippen LogP contribution in [0.1, 0.15) is 23.6 Å². The molecule has 0 aliphatic carbocycles. The average Bonchev–Trinajstić information content (AvgIpc) is 2.57. The van der Waals surface area contributed by atoms with Crippen molar-refractivity contribution in [3.05, 3.63) is 64.2 Å². The molecule has 0 aliphatic heterocycles. The quantitative estimate of drug-likeness (QED) is 0.356. The second-order valence-corrected chi connectivity index (χ2v) is 6.12. The van der Waals surface area contributed by atoms with Gasteiger partial charge in [-0.05, 0) is 49.4 Å². The molecule has 0 aromatic heterocycles. The summed E-state index contributed by atoms with van der Waals surface area (Å²) in [6.45, 7) is 1.27. The molecule has 0 bridgehead atoms. The van der Waals surface area contributed by atoms with Crippen molar-refractivity contribution in [2.75, 3.05) is 0 Å². The van der Waals surface area contributed by atoms with Crippen LogP contribution in [-0.4, -0.2) is 14.1 Å². The van der Waals surface area contributed by atoms with Crippen LogP contribution in [0.25, 0.3) is 0 Å². The molecular formula is C16H11ClF6N2O3S. The van der Waals surface area contributed by atoms with Crippen molar-refractivity contribution < 1.29 is 39.6 Å². The van der Waals surface area contributed by atoms with E-state index in [-0.39, 0.29) is 22.0 Å². The van der Waals surface area contributed by atoms with Gasteiger partial charge >= 0.3 is 22.9 Å². The first-order valence-corrected chi connectivity index (χ1v) is 8.73. The molecular weight excluding hydrogens is 450 g/mol. The zero-order chi connectivity index (χ0) is 22.4. The lowest BCUT2D eigenvalue weighted by Gasteiger charge is -2.13. The first-order chi connectivity index (χ1) is 13.2. The molecule has 0 saturated heterocycles. The number of alkyl halides is 6. The summed E-state index contributed by atoms with van der Waals surface area (Å²) in [5.74, 6) is -0.0528. The third-order valence-corrected chi connectivity index (χ3v) is 3.38. The van der Waals surface area contributed by atoms with Crippen LogP contribution in [0.2, 0.25) is 5.02 Å². The Hall–Kier alpha value is -2.60.